The molecule has 0 heterocycles. The molecule has 0 spiro atoms. The number of nitro groups is 1. The lowest BCUT2D eigenvalue weighted by molar-refractivity contribution is -0.386. The third kappa shape index (κ3) is 4.15. The highest BCUT2D eigenvalue weighted by atomic mass is 16.6. The van der Waals surface area contributed by atoms with Crippen LogP contribution in [0.3, 0.4) is 0 Å². The van der Waals surface area contributed by atoms with Crippen molar-refractivity contribution in [1.29, 1.82) is 0 Å². The Hall–Kier alpha value is -2.89. The quantitative estimate of drug-likeness (QED) is 0.472. The van der Waals surface area contributed by atoms with Crippen LogP contribution in [0.2, 0.25) is 0 Å². The summed E-state index contributed by atoms with van der Waals surface area (Å²) in [5, 5.41) is 11.4. The van der Waals surface area contributed by atoms with Gasteiger partial charge in [-0.15, -0.1) is 0 Å². The number of hydrogen-bond acceptors (Lipinski definition) is 5. The average molecular weight is 341 g/mol. The fourth-order valence-electron chi connectivity index (χ4n) is 3.07. The Bertz CT molecular complexity index is 788. The molecule has 0 bridgehead atoms. The molecule has 1 aliphatic carbocycles. The van der Waals surface area contributed by atoms with Crippen LogP contribution in [-0.4, -0.2) is 17.0 Å². The molecule has 1 atom stereocenters. The van der Waals surface area contributed by atoms with Crippen molar-refractivity contribution >= 4 is 11.7 Å². The molecule has 2 aromatic rings. The van der Waals surface area contributed by atoms with Crippen LogP contribution >= 0.6 is 0 Å². The maximum atomic E-state index is 11.4. The molecule has 0 fully saturated rings. The lowest BCUT2D eigenvalue weighted by Crippen LogP contribution is -2.24. The third-order valence-electron chi connectivity index (χ3n) is 4.23. The van der Waals surface area contributed by atoms with Crippen LogP contribution in [0, 0.1) is 10.1 Å². The smallest absolute Gasteiger partial charge is 0.311 e. The molecule has 0 aliphatic heterocycles. The van der Waals surface area contributed by atoms with E-state index in [0.717, 1.165) is 16.7 Å². The molecule has 0 aromatic heterocycles. The van der Waals surface area contributed by atoms with E-state index in [4.69, 9.17) is 9.47 Å². The van der Waals surface area contributed by atoms with Crippen LogP contribution in [0.4, 0.5) is 5.69 Å². The second-order valence-corrected chi connectivity index (χ2v) is 6.09. The van der Waals surface area contributed by atoms with Crippen LogP contribution < -0.4 is 4.74 Å². The first-order valence-corrected chi connectivity index (χ1v) is 8.17. The van der Waals surface area contributed by atoms with Crippen molar-refractivity contribution in [3.8, 4) is 5.75 Å². The van der Waals surface area contributed by atoms with Crippen molar-refractivity contribution in [3.63, 3.8) is 0 Å². The molecule has 130 valence electrons. The number of rotatable bonds is 5. The van der Waals surface area contributed by atoms with E-state index in [-0.39, 0.29) is 30.1 Å². The predicted molar refractivity (Wildman–Crippen MR) is 91.4 cm³/mol. The summed E-state index contributed by atoms with van der Waals surface area (Å²) in [6.07, 6.45) is 1.68. The third-order valence-corrected chi connectivity index (χ3v) is 4.23. The maximum Gasteiger partial charge on any atom is 0.311 e. The first-order chi connectivity index (χ1) is 12.0. The van der Waals surface area contributed by atoms with Crippen molar-refractivity contribution in [3.05, 3.63) is 69.3 Å². The Balaban J connectivity index is 1.84. The molecular formula is C19H19NO5. The topological polar surface area (TPSA) is 78.7 Å². The summed E-state index contributed by atoms with van der Waals surface area (Å²) >= 11 is 0. The lowest BCUT2D eigenvalue weighted by atomic mass is 9.89. The van der Waals surface area contributed by atoms with E-state index >= 15 is 0 Å². The first-order valence-electron chi connectivity index (χ1n) is 8.17. The minimum absolute atomic E-state index is 0.0272. The molecule has 1 aliphatic rings. The van der Waals surface area contributed by atoms with Crippen LogP contribution in [0.15, 0.2) is 42.5 Å². The van der Waals surface area contributed by atoms with Crippen molar-refractivity contribution in [2.24, 2.45) is 0 Å². The highest BCUT2D eigenvalue weighted by molar-refractivity contribution is 5.66. The highest BCUT2D eigenvalue weighted by Gasteiger charge is 2.26. The Labute approximate surface area is 145 Å². The number of nitro benzene ring substituents is 1. The number of aryl methyl sites for hydroxylation is 1. The molecule has 0 amide bonds. The summed E-state index contributed by atoms with van der Waals surface area (Å²) in [4.78, 5) is 22.1. The van der Waals surface area contributed by atoms with Crippen LogP contribution in [0.25, 0.3) is 0 Å². The molecule has 25 heavy (non-hydrogen) atoms. The number of ether oxygens (including phenoxy) is 2. The molecule has 2 aromatic carbocycles. The van der Waals surface area contributed by atoms with Crippen molar-refractivity contribution in [2.75, 3.05) is 0 Å². The second kappa shape index (κ2) is 7.34. The van der Waals surface area contributed by atoms with Gasteiger partial charge in [0, 0.05) is 19.4 Å². The Morgan fingerprint density at radius 1 is 1.24 bits per heavy atom. The monoisotopic (exact) mass is 341 g/mol. The fourth-order valence-corrected chi connectivity index (χ4v) is 3.07. The van der Waals surface area contributed by atoms with Crippen molar-refractivity contribution in [2.45, 2.75) is 38.9 Å². The molecule has 3 rings (SSSR count). The number of fused-ring (bicyclic) bond motifs is 1. The van der Waals surface area contributed by atoms with Gasteiger partial charge >= 0.3 is 11.7 Å². The van der Waals surface area contributed by atoms with Gasteiger partial charge in [0.05, 0.1) is 4.92 Å². The number of carbonyl (C=O) groups excluding carboxylic acids is 1. The summed E-state index contributed by atoms with van der Waals surface area (Å²) < 4.78 is 11.0. The summed E-state index contributed by atoms with van der Waals surface area (Å²) in [7, 11) is 0. The molecule has 6 heteroatoms. The fraction of sp³-hybridized carbons (Fsp3) is 0.316. The molecule has 0 radical (unpaired) electrons. The normalized spacial score (nSPS) is 16.0. The Kier molecular flexibility index (Phi) is 4.97. The zero-order chi connectivity index (χ0) is 17.8. The molecular weight excluding hydrogens is 322 g/mol. The zero-order valence-electron chi connectivity index (χ0n) is 13.9. The van der Waals surface area contributed by atoms with E-state index < -0.39 is 4.92 Å². The Morgan fingerprint density at radius 2 is 2.00 bits per heavy atom. The van der Waals surface area contributed by atoms with E-state index in [1.54, 1.807) is 12.1 Å². The van der Waals surface area contributed by atoms with Gasteiger partial charge in [0.2, 0.25) is 0 Å². The Morgan fingerprint density at radius 3 is 2.68 bits per heavy atom. The van der Waals surface area contributed by atoms with Gasteiger partial charge in [0.15, 0.2) is 5.75 Å². The first kappa shape index (κ1) is 17.0. The standard InChI is InChI=1S/C19H19NO5/c1-13(21)25-17-8-7-15-10-18(20(22)23)19(11-16(15)9-17)24-12-14-5-3-2-4-6-14/h2-6,10-11,17H,7-9,12H2,1H3. The number of benzene rings is 2. The molecule has 0 saturated heterocycles. The summed E-state index contributed by atoms with van der Waals surface area (Å²) in [5.41, 5.74) is 2.77. The van der Waals surface area contributed by atoms with Gasteiger partial charge in [-0.1, -0.05) is 30.3 Å². The minimum Gasteiger partial charge on any atom is -0.482 e. The summed E-state index contributed by atoms with van der Waals surface area (Å²) in [5.74, 6) is -0.0630. The number of esters is 1. The van der Waals surface area contributed by atoms with Crippen molar-refractivity contribution < 1.29 is 19.2 Å². The van der Waals surface area contributed by atoms with Gasteiger partial charge in [0.1, 0.15) is 12.7 Å². The molecule has 1 unspecified atom stereocenters. The molecule has 0 saturated carbocycles. The van der Waals surface area contributed by atoms with E-state index in [0.29, 0.717) is 19.3 Å². The summed E-state index contributed by atoms with van der Waals surface area (Å²) in [6.45, 7) is 1.65. The largest absolute Gasteiger partial charge is 0.482 e. The molecule has 6 nitrogen and oxygen atoms in total. The number of carbonyl (C=O) groups is 1. The van der Waals surface area contributed by atoms with Gasteiger partial charge in [-0.3, -0.25) is 14.9 Å². The van der Waals surface area contributed by atoms with E-state index in [9.17, 15) is 14.9 Å². The lowest BCUT2D eigenvalue weighted by Gasteiger charge is -2.24. The number of nitrogens with zero attached hydrogens (tertiary/aromatic N) is 1. The van der Waals surface area contributed by atoms with Crippen molar-refractivity contribution in [1.82, 2.24) is 0 Å². The summed E-state index contributed by atoms with van der Waals surface area (Å²) in [6, 6.07) is 12.8. The SMILES string of the molecule is CC(=O)OC1CCc2cc([N+](=O)[O-])c(OCc3ccccc3)cc2C1. The second-order valence-electron chi connectivity index (χ2n) is 6.09. The van der Waals surface area contributed by atoms with Crippen LogP contribution in [-0.2, 0) is 29.0 Å². The van der Waals surface area contributed by atoms with Gasteiger partial charge in [-0.05, 0) is 35.6 Å². The predicted octanol–water partition coefficient (Wildman–Crippen LogP) is 3.59. The maximum absolute atomic E-state index is 11.4. The number of hydrogen-bond donors (Lipinski definition) is 0. The average Bonchev–Trinajstić information content (AvgIpc) is 2.59. The van der Waals surface area contributed by atoms with E-state index in [1.807, 2.05) is 30.3 Å². The van der Waals surface area contributed by atoms with Crippen LogP contribution in [0.5, 0.6) is 5.75 Å². The zero-order valence-corrected chi connectivity index (χ0v) is 13.9. The van der Waals surface area contributed by atoms with Gasteiger partial charge < -0.3 is 9.47 Å². The van der Waals surface area contributed by atoms with E-state index in [2.05, 4.69) is 0 Å². The van der Waals surface area contributed by atoms with Gasteiger partial charge in [-0.25, -0.2) is 0 Å². The van der Waals surface area contributed by atoms with Gasteiger partial charge in [-0.2, -0.15) is 0 Å². The van der Waals surface area contributed by atoms with Crippen LogP contribution in [0.1, 0.15) is 30.0 Å². The molecule has 0 N–H and O–H groups in total. The van der Waals surface area contributed by atoms with E-state index in [1.165, 1.54) is 6.92 Å². The highest BCUT2D eigenvalue weighted by Crippen LogP contribution is 2.35. The van der Waals surface area contributed by atoms with Gasteiger partial charge in [0.25, 0.3) is 0 Å². The minimum atomic E-state index is -0.418.